The molecule has 2 fully saturated rings. The Balaban J connectivity index is 1.48. The van der Waals surface area contributed by atoms with E-state index in [0.717, 1.165) is 30.6 Å². The summed E-state index contributed by atoms with van der Waals surface area (Å²) in [5.74, 6) is 1.25. The number of rotatable bonds is 13. The number of benzene rings is 1. The van der Waals surface area contributed by atoms with Gasteiger partial charge in [-0.1, -0.05) is 25.5 Å². The summed E-state index contributed by atoms with van der Waals surface area (Å²) in [6.45, 7) is 3.89. The number of cyclic esters (lactones) is 1. The minimum Gasteiger partial charge on any atom is -0.493 e. The van der Waals surface area contributed by atoms with Crippen molar-refractivity contribution in [2.24, 2.45) is 5.92 Å². The lowest BCUT2D eigenvalue weighted by Crippen LogP contribution is -2.30. The summed E-state index contributed by atoms with van der Waals surface area (Å²) >= 11 is 0. The number of aliphatic hydroxyl groups is 1. The van der Waals surface area contributed by atoms with E-state index in [0.29, 0.717) is 32.2 Å². The van der Waals surface area contributed by atoms with E-state index in [4.69, 9.17) is 18.9 Å². The predicted octanol–water partition coefficient (Wildman–Crippen LogP) is 3.59. The molecule has 0 radical (unpaired) electrons. The highest BCUT2D eigenvalue weighted by Gasteiger charge is 2.37. The lowest BCUT2D eigenvalue weighted by atomic mass is 9.98. The minimum atomic E-state index is -0.795. The first-order chi connectivity index (χ1) is 14.1. The molecule has 6 heteroatoms. The Kier molecular flexibility index (Phi) is 8.33. The number of hydrogen-bond acceptors (Lipinski definition) is 6. The topological polar surface area (TPSA) is 74.2 Å². The summed E-state index contributed by atoms with van der Waals surface area (Å²) in [4.78, 5) is 11.8. The molecule has 0 aromatic heterocycles. The third-order valence-electron chi connectivity index (χ3n) is 5.59. The molecule has 0 bridgehead atoms. The van der Waals surface area contributed by atoms with Gasteiger partial charge in [0.05, 0.1) is 25.7 Å². The van der Waals surface area contributed by atoms with Crippen molar-refractivity contribution in [2.75, 3.05) is 26.9 Å². The van der Waals surface area contributed by atoms with E-state index in [1.807, 2.05) is 13.0 Å². The summed E-state index contributed by atoms with van der Waals surface area (Å²) in [5, 5.41) is 10.3. The van der Waals surface area contributed by atoms with E-state index < -0.39 is 12.2 Å². The van der Waals surface area contributed by atoms with Crippen LogP contribution in [0.2, 0.25) is 0 Å². The second-order valence-corrected chi connectivity index (χ2v) is 8.12. The number of methoxy groups -OCH3 is 1. The van der Waals surface area contributed by atoms with E-state index in [1.54, 1.807) is 7.11 Å². The molecule has 1 aliphatic carbocycles. The van der Waals surface area contributed by atoms with Gasteiger partial charge >= 0.3 is 5.97 Å². The monoisotopic (exact) mass is 406 g/mol. The Bertz CT molecular complexity index is 657. The maximum absolute atomic E-state index is 11.8. The van der Waals surface area contributed by atoms with Crippen LogP contribution in [0.15, 0.2) is 18.2 Å². The molecular formula is C23H34O6. The third kappa shape index (κ3) is 6.43. The second kappa shape index (κ2) is 11.0. The molecule has 3 rings (SSSR count). The predicted molar refractivity (Wildman–Crippen MR) is 109 cm³/mol. The second-order valence-electron chi connectivity index (χ2n) is 8.12. The fourth-order valence-corrected chi connectivity index (χ4v) is 3.81. The van der Waals surface area contributed by atoms with Gasteiger partial charge in [-0.25, -0.2) is 0 Å². The zero-order valence-electron chi connectivity index (χ0n) is 17.6. The van der Waals surface area contributed by atoms with Crippen molar-refractivity contribution in [1.82, 2.24) is 0 Å². The number of ether oxygens (including phenoxy) is 4. The maximum Gasteiger partial charge on any atom is 0.309 e. The molecule has 1 heterocycles. The van der Waals surface area contributed by atoms with Crippen LogP contribution >= 0.6 is 0 Å². The smallest absolute Gasteiger partial charge is 0.309 e. The van der Waals surface area contributed by atoms with Gasteiger partial charge in [0, 0.05) is 26.6 Å². The first-order valence-corrected chi connectivity index (χ1v) is 10.8. The minimum absolute atomic E-state index is 0.0903. The highest BCUT2D eigenvalue weighted by molar-refractivity contribution is 5.74. The van der Waals surface area contributed by atoms with Gasteiger partial charge in [-0.05, 0) is 42.4 Å². The molecule has 2 aliphatic rings. The van der Waals surface area contributed by atoms with Crippen LogP contribution in [-0.4, -0.2) is 50.2 Å². The number of aliphatic hydroxyl groups excluding tert-OH is 1. The van der Waals surface area contributed by atoms with Crippen LogP contribution in [0.1, 0.15) is 62.5 Å². The van der Waals surface area contributed by atoms with Crippen molar-refractivity contribution in [3.8, 4) is 5.75 Å². The molecule has 1 N–H and O–H groups in total. The Hall–Kier alpha value is -1.63. The van der Waals surface area contributed by atoms with Gasteiger partial charge in [0.25, 0.3) is 0 Å². The Morgan fingerprint density at radius 1 is 1.28 bits per heavy atom. The van der Waals surface area contributed by atoms with Gasteiger partial charge in [-0.2, -0.15) is 0 Å². The molecule has 162 valence electrons. The third-order valence-corrected chi connectivity index (χ3v) is 5.59. The lowest BCUT2D eigenvalue weighted by molar-refractivity contribution is -0.149. The first-order valence-electron chi connectivity index (χ1n) is 10.8. The Labute approximate surface area is 173 Å². The van der Waals surface area contributed by atoms with Crippen LogP contribution in [0.25, 0.3) is 0 Å². The normalized spacial score (nSPS) is 22.5. The van der Waals surface area contributed by atoms with E-state index in [1.165, 1.54) is 18.4 Å². The fourth-order valence-electron chi connectivity index (χ4n) is 3.81. The molecule has 0 amide bonds. The summed E-state index contributed by atoms with van der Waals surface area (Å²) in [6, 6.07) is 6.24. The number of hydrogen-bond donors (Lipinski definition) is 1. The highest BCUT2D eigenvalue weighted by atomic mass is 16.6. The van der Waals surface area contributed by atoms with E-state index in [2.05, 4.69) is 12.1 Å². The molecular weight excluding hydrogens is 372 g/mol. The quantitative estimate of drug-likeness (QED) is 0.399. The first kappa shape index (κ1) is 22.1. The summed E-state index contributed by atoms with van der Waals surface area (Å²) < 4.78 is 22.1. The molecule has 1 aromatic rings. The van der Waals surface area contributed by atoms with Gasteiger partial charge in [0.2, 0.25) is 0 Å². The van der Waals surface area contributed by atoms with Gasteiger partial charge in [0.15, 0.2) is 0 Å². The molecule has 6 nitrogen and oxygen atoms in total. The lowest BCUT2D eigenvalue weighted by Gasteiger charge is -2.17. The number of esters is 1. The van der Waals surface area contributed by atoms with Gasteiger partial charge in [-0.15, -0.1) is 0 Å². The van der Waals surface area contributed by atoms with Crippen molar-refractivity contribution in [1.29, 1.82) is 0 Å². The SMILES string of the molecule is CCC[C@@H]1C[C@@H]([C@H](O)COCc2ccc(C3CC3)c(OCCCOC)c2)OC1=O. The van der Waals surface area contributed by atoms with Crippen molar-refractivity contribution < 1.29 is 28.8 Å². The standard InChI is InChI=1S/C23H34O6/c1-3-5-18-13-22(29-23(18)25)20(24)15-27-14-16-6-9-19(17-7-8-17)21(12-16)28-11-4-10-26-2/h6,9,12,17-18,20,22,24H,3-5,7-8,10-11,13-15H2,1-2H3/t18-,20-,22+/m1/s1. The summed E-state index contributed by atoms with van der Waals surface area (Å²) in [7, 11) is 1.69. The van der Waals surface area contributed by atoms with Gasteiger partial charge in [0.1, 0.15) is 18.0 Å². The Morgan fingerprint density at radius 2 is 2.10 bits per heavy atom. The van der Waals surface area contributed by atoms with E-state index in [-0.39, 0.29) is 18.5 Å². The molecule has 29 heavy (non-hydrogen) atoms. The Morgan fingerprint density at radius 3 is 2.83 bits per heavy atom. The summed E-state index contributed by atoms with van der Waals surface area (Å²) in [6.07, 6.45) is 4.35. The van der Waals surface area contributed by atoms with Crippen LogP contribution in [0, 0.1) is 5.92 Å². The molecule has 1 aliphatic heterocycles. The molecule has 1 aromatic carbocycles. The van der Waals surface area contributed by atoms with Crippen LogP contribution in [0.4, 0.5) is 0 Å². The number of carbonyl (C=O) groups excluding carboxylic acids is 1. The average Bonchev–Trinajstić information content (AvgIpc) is 3.49. The fraction of sp³-hybridized carbons (Fsp3) is 0.696. The molecule has 3 atom stereocenters. The van der Waals surface area contributed by atoms with E-state index in [9.17, 15) is 9.90 Å². The average molecular weight is 407 g/mol. The maximum atomic E-state index is 11.8. The van der Waals surface area contributed by atoms with Crippen molar-refractivity contribution >= 4 is 5.97 Å². The van der Waals surface area contributed by atoms with Gasteiger partial charge < -0.3 is 24.1 Å². The van der Waals surface area contributed by atoms with Crippen LogP contribution in [0.3, 0.4) is 0 Å². The van der Waals surface area contributed by atoms with Crippen molar-refractivity contribution in [2.45, 2.75) is 70.2 Å². The van der Waals surface area contributed by atoms with Crippen molar-refractivity contribution in [3.63, 3.8) is 0 Å². The highest BCUT2D eigenvalue weighted by Crippen LogP contribution is 2.44. The zero-order chi connectivity index (χ0) is 20.6. The van der Waals surface area contributed by atoms with Gasteiger partial charge in [-0.3, -0.25) is 4.79 Å². The van der Waals surface area contributed by atoms with Crippen molar-refractivity contribution in [3.05, 3.63) is 29.3 Å². The zero-order valence-corrected chi connectivity index (χ0v) is 17.6. The van der Waals surface area contributed by atoms with E-state index >= 15 is 0 Å². The number of carbonyl (C=O) groups is 1. The molecule has 0 spiro atoms. The molecule has 0 unspecified atom stereocenters. The van der Waals surface area contributed by atoms with Crippen LogP contribution in [0.5, 0.6) is 5.75 Å². The summed E-state index contributed by atoms with van der Waals surface area (Å²) in [5.41, 5.74) is 2.28. The molecule has 1 saturated carbocycles. The molecule has 1 saturated heterocycles. The van der Waals surface area contributed by atoms with Crippen LogP contribution in [-0.2, 0) is 25.6 Å². The largest absolute Gasteiger partial charge is 0.493 e. The van der Waals surface area contributed by atoms with Crippen LogP contribution < -0.4 is 4.74 Å².